The zero-order valence-corrected chi connectivity index (χ0v) is 17.6. The first kappa shape index (κ1) is 20.2. The molecule has 1 fully saturated rings. The van der Waals surface area contributed by atoms with Gasteiger partial charge in [0.1, 0.15) is 0 Å². The SMILES string of the molecule is CCOC(=O)C1(C2NCCc3c2[nH]c2ccc(C(C)(C)C)cc32)CCC1.Cl. The molecule has 0 spiro atoms. The number of hydrogen-bond acceptors (Lipinski definition) is 3. The van der Waals surface area contributed by atoms with Crippen LogP contribution in [0, 0.1) is 5.41 Å². The third-order valence-corrected chi connectivity index (χ3v) is 6.30. The smallest absolute Gasteiger partial charge is 0.314 e. The minimum Gasteiger partial charge on any atom is -0.466 e. The molecule has 1 aliphatic heterocycles. The van der Waals surface area contributed by atoms with Crippen molar-refractivity contribution in [2.24, 2.45) is 5.41 Å². The number of H-pyrrole nitrogens is 1. The fourth-order valence-corrected chi connectivity index (χ4v) is 4.61. The van der Waals surface area contributed by atoms with Crippen LogP contribution >= 0.6 is 12.4 Å². The number of fused-ring (bicyclic) bond motifs is 3. The number of carbonyl (C=O) groups is 1. The maximum Gasteiger partial charge on any atom is 0.314 e. The Morgan fingerprint density at radius 3 is 2.63 bits per heavy atom. The molecule has 2 heterocycles. The molecule has 0 saturated heterocycles. The van der Waals surface area contributed by atoms with Gasteiger partial charge >= 0.3 is 5.97 Å². The van der Waals surface area contributed by atoms with Crippen LogP contribution in [0.25, 0.3) is 10.9 Å². The van der Waals surface area contributed by atoms with Crippen molar-refractivity contribution in [3.63, 3.8) is 0 Å². The molecular formula is C22H31ClN2O2. The number of benzene rings is 1. The molecule has 27 heavy (non-hydrogen) atoms. The number of halogens is 1. The molecular weight excluding hydrogens is 360 g/mol. The largest absolute Gasteiger partial charge is 0.466 e. The van der Waals surface area contributed by atoms with Gasteiger partial charge in [-0.3, -0.25) is 4.79 Å². The molecule has 2 aliphatic rings. The molecule has 1 aromatic carbocycles. The van der Waals surface area contributed by atoms with Crippen LogP contribution < -0.4 is 5.32 Å². The van der Waals surface area contributed by atoms with E-state index < -0.39 is 5.41 Å². The summed E-state index contributed by atoms with van der Waals surface area (Å²) < 4.78 is 5.46. The lowest BCUT2D eigenvalue weighted by Crippen LogP contribution is -2.51. The zero-order chi connectivity index (χ0) is 18.5. The van der Waals surface area contributed by atoms with E-state index in [0.29, 0.717) is 6.61 Å². The predicted octanol–water partition coefficient (Wildman–Crippen LogP) is 4.81. The van der Waals surface area contributed by atoms with Crippen LogP contribution in [0.4, 0.5) is 0 Å². The Balaban J connectivity index is 0.00000210. The Bertz CT molecular complexity index is 846. The van der Waals surface area contributed by atoms with Crippen molar-refractivity contribution in [2.45, 2.75) is 64.8 Å². The van der Waals surface area contributed by atoms with Crippen LogP contribution in [-0.2, 0) is 21.4 Å². The molecule has 0 bridgehead atoms. The van der Waals surface area contributed by atoms with Crippen LogP contribution in [0.2, 0.25) is 0 Å². The second-order valence-corrected chi connectivity index (χ2v) is 8.89. The summed E-state index contributed by atoms with van der Waals surface area (Å²) in [6.07, 6.45) is 3.91. The number of rotatable bonds is 3. The van der Waals surface area contributed by atoms with Gasteiger partial charge in [0, 0.05) is 16.6 Å². The Morgan fingerprint density at radius 2 is 2.04 bits per heavy atom. The van der Waals surface area contributed by atoms with Gasteiger partial charge in [-0.15, -0.1) is 12.4 Å². The van der Waals surface area contributed by atoms with Gasteiger partial charge in [0.2, 0.25) is 0 Å². The van der Waals surface area contributed by atoms with Crippen molar-refractivity contribution in [3.8, 4) is 0 Å². The van der Waals surface area contributed by atoms with Gasteiger partial charge < -0.3 is 15.0 Å². The molecule has 5 heteroatoms. The monoisotopic (exact) mass is 390 g/mol. The lowest BCUT2D eigenvalue weighted by molar-refractivity contribution is -0.164. The summed E-state index contributed by atoms with van der Waals surface area (Å²) in [6, 6.07) is 6.79. The minimum atomic E-state index is -0.404. The third kappa shape index (κ3) is 3.17. The normalized spacial score (nSPS) is 21.1. The van der Waals surface area contributed by atoms with Gasteiger partial charge in [-0.2, -0.15) is 0 Å². The maximum atomic E-state index is 12.8. The molecule has 1 unspecified atom stereocenters. The van der Waals surface area contributed by atoms with Gasteiger partial charge in [0.15, 0.2) is 0 Å². The van der Waals surface area contributed by atoms with Crippen LogP contribution in [0.3, 0.4) is 0 Å². The molecule has 2 aromatic rings. The van der Waals surface area contributed by atoms with E-state index in [1.807, 2.05) is 6.92 Å². The summed E-state index contributed by atoms with van der Waals surface area (Å²) in [7, 11) is 0. The number of ether oxygens (including phenoxy) is 1. The molecule has 1 atom stereocenters. The molecule has 1 saturated carbocycles. The topological polar surface area (TPSA) is 54.1 Å². The molecule has 4 rings (SSSR count). The number of hydrogen-bond donors (Lipinski definition) is 2. The lowest BCUT2D eigenvalue weighted by Gasteiger charge is -2.46. The molecule has 1 aliphatic carbocycles. The average Bonchev–Trinajstić information content (AvgIpc) is 2.92. The number of aromatic amines is 1. The second-order valence-electron chi connectivity index (χ2n) is 8.89. The van der Waals surface area contributed by atoms with Gasteiger partial charge in [0.05, 0.1) is 18.1 Å². The zero-order valence-electron chi connectivity index (χ0n) is 16.8. The molecule has 0 radical (unpaired) electrons. The van der Waals surface area contributed by atoms with Crippen LogP contribution in [-0.4, -0.2) is 24.1 Å². The Hall–Kier alpha value is -1.52. The Labute approximate surface area is 167 Å². The van der Waals surface area contributed by atoms with E-state index in [1.165, 1.54) is 27.7 Å². The van der Waals surface area contributed by atoms with Crippen molar-refractivity contribution in [3.05, 3.63) is 35.0 Å². The highest BCUT2D eigenvalue weighted by Crippen LogP contribution is 2.53. The number of esters is 1. The minimum absolute atomic E-state index is 0. The van der Waals surface area contributed by atoms with E-state index in [2.05, 4.69) is 49.3 Å². The van der Waals surface area contributed by atoms with Crippen LogP contribution in [0.15, 0.2) is 18.2 Å². The van der Waals surface area contributed by atoms with Crippen molar-refractivity contribution < 1.29 is 9.53 Å². The average molecular weight is 391 g/mol. The predicted molar refractivity (Wildman–Crippen MR) is 112 cm³/mol. The number of carbonyl (C=O) groups excluding carboxylic acids is 1. The van der Waals surface area contributed by atoms with E-state index in [-0.39, 0.29) is 29.8 Å². The van der Waals surface area contributed by atoms with Crippen molar-refractivity contribution in [1.82, 2.24) is 10.3 Å². The first-order valence-corrected chi connectivity index (χ1v) is 9.92. The van der Waals surface area contributed by atoms with E-state index in [9.17, 15) is 4.79 Å². The van der Waals surface area contributed by atoms with E-state index in [4.69, 9.17) is 4.74 Å². The number of aromatic nitrogens is 1. The quantitative estimate of drug-likeness (QED) is 0.739. The maximum absolute atomic E-state index is 12.8. The fraction of sp³-hybridized carbons (Fsp3) is 0.591. The standard InChI is InChI=1S/C22H30N2O2.ClH/c1-5-26-20(25)22(10-6-11-22)19-18-15(9-12-23-19)16-13-14(21(2,3)4)7-8-17(16)24-18;/h7-8,13,19,23-24H,5-6,9-12H2,1-4H3;1H. The third-order valence-electron chi connectivity index (χ3n) is 6.30. The fourth-order valence-electron chi connectivity index (χ4n) is 4.61. The van der Waals surface area contributed by atoms with Crippen LogP contribution in [0.5, 0.6) is 0 Å². The molecule has 148 valence electrons. The summed E-state index contributed by atoms with van der Waals surface area (Å²) in [6.45, 7) is 10.00. The van der Waals surface area contributed by atoms with Gasteiger partial charge in [-0.05, 0) is 61.4 Å². The van der Waals surface area contributed by atoms with Gasteiger partial charge in [-0.1, -0.05) is 33.3 Å². The molecule has 4 nitrogen and oxygen atoms in total. The highest BCUT2D eigenvalue weighted by atomic mass is 35.5. The molecule has 0 amide bonds. The highest BCUT2D eigenvalue weighted by Gasteiger charge is 2.53. The Kier molecular flexibility index (Phi) is 5.35. The van der Waals surface area contributed by atoms with Gasteiger partial charge in [0.25, 0.3) is 0 Å². The summed E-state index contributed by atoms with van der Waals surface area (Å²) in [4.78, 5) is 16.4. The van der Waals surface area contributed by atoms with Crippen molar-refractivity contribution in [1.29, 1.82) is 0 Å². The first-order chi connectivity index (χ1) is 12.4. The summed E-state index contributed by atoms with van der Waals surface area (Å²) >= 11 is 0. The van der Waals surface area contributed by atoms with E-state index >= 15 is 0 Å². The lowest BCUT2D eigenvalue weighted by atomic mass is 9.62. The van der Waals surface area contributed by atoms with Crippen LogP contribution in [0.1, 0.15) is 69.8 Å². The highest BCUT2D eigenvalue weighted by molar-refractivity contribution is 5.87. The summed E-state index contributed by atoms with van der Waals surface area (Å²) in [5.41, 5.74) is 4.83. The Morgan fingerprint density at radius 1 is 1.30 bits per heavy atom. The van der Waals surface area contributed by atoms with Crippen molar-refractivity contribution >= 4 is 29.3 Å². The summed E-state index contributed by atoms with van der Waals surface area (Å²) in [5, 5.41) is 4.95. The van der Waals surface area contributed by atoms with Crippen molar-refractivity contribution in [2.75, 3.05) is 13.2 Å². The molecule has 2 N–H and O–H groups in total. The van der Waals surface area contributed by atoms with Gasteiger partial charge in [-0.25, -0.2) is 0 Å². The van der Waals surface area contributed by atoms with E-state index in [1.54, 1.807) is 0 Å². The molecule has 1 aromatic heterocycles. The van der Waals surface area contributed by atoms with E-state index in [0.717, 1.165) is 32.2 Å². The number of nitrogens with one attached hydrogen (secondary N) is 2. The first-order valence-electron chi connectivity index (χ1n) is 9.92. The second kappa shape index (κ2) is 7.14. The summed E-state index contributed by atoms with van der Waals surface area (Å²) in [5.74, 6) is -0.0364.